The molecular weight excluding hydrogens is 256 g/mol. The summed E-state index contributed by atoms with van der Waals surface area (Å²) in [5.74, 6) is 5.70. The number of nitrogens with one attached hydrogen (secondary N) is 1. The van der Waals surface area contributed by atoms with E-state index in [0.717, 1.165) is 17.0 Å². The number of rotatable bonds is 4. The van der Waals surface area contributed by atoms with E-state index in [1.165, 1.54) is 16.7 Å². The van der Waals surface area contributed by atoms with Crippen molar-refractivity contribution in [3.8, 4) is 0 Å². The van der Waals surface area contributed by atoms with Crippen molar-refractivity contribution in [2.75, 3.05) is 0 Å². The number of halogens is 1. The van der Waals surface area contributed by atoms with Crippen molar-refractivity contribution in [1.82, 2.24) is 5.43 Å². The molecule has 3 heteroatoms. The molecule has 2 aromatic carbocycles. The molecule has 1 atom stereocenters. The Labute approximate surface area is 119 Å². The molecule has 0 saturated carbocycles. The van der Waals surface area contributed by atoms with Gasteiger partial charge in [-0.2, -0.15) is 0 Å². The predicted octanol–water partition coefficient (Wildman–Crippen LogP) is 3.70. The summed E-state index contributed by atoms with van der Waals surface area (Å²) in [6.45, 7) is 4.22. The van der Waals surface area contributed by atoms with Crippen LogP contribution in [0, 0.1) is 13.8 Å². The second-order valence-corrected chi connectivity index (χ2v) is 5.28. The van der Waals surface area contributed by atoms with Crippen molar-refractivity contribution < 1.29 is 0 Å². The number of aryl methyl sites for hydroxylation is 2. The molecule has 0 amide bonds. The van der Waals surface area contributed by atoms with Crippen molar-refractivity contribution in [1.29, 1.82) is 0 Å². The fourth-order valence-electron chi connectivity index (χ4n) is 2.26. The van der Waals surface area contributed by atoms with Gasteiger partial charge < -0.3 is 0 Å². The maximum Gasteiger partial charge on any atom is 0.0515 e. The van der Waals surface area contributed by atoms with E-state index in [0.29, 0.717) is 0 Å². The lowest BCUT2D eigenvalue weighted by Gasteiger charge is -2.19. The van der Waals surface area contributed by atoms with Crippen LogP contribution < -0.4 is 11.3 Å². The van der Waals surface area contributed by atoms with Gasteiger partial charge in [0.1, 0.15) is 0 Å². The molecule has 19 heavy (non-hydrogen) atoms. The molecule has 0 aliphatic rings. The zero-order valence-electron chi connectivity index (χ0n) is 11.3. The summed E-state index contributed by atoms with van der Waals surface area (Å²) in [6.07, 6.45) is 0.827. The van der Waals surface area contributed by atoms with Crippen molar-refractivity contribution in [3.05, 3.63) is 69.7 Å². The van der Waals surface area contributed by atoms with Gasteiger partial charge in [0.25, 0.3) is 0 Å². The molecule has 2 aromatic rings. The summed E-state index contributed by atoms with van der Waals surface area (Å²) in [4.78, 5) is 0. The molecule has 0 aliphatic carbocycles. The Morgan fingerprint density at radius 2 is 1.89 bits per heavy atom. The molecule has 0 saturated heterocycles. The SMILES string of the molecule is Cc1ccc(C)c(CC(NN)c2ccccc2Cl)c1. The summed E-state index contributed by atoms with van der Waals surface area (Å²) in [7, 11) is 0. The van der Waals surface area contributed by atoms with Crippen LogP contribution in [0.5, 0.6) is 0 Å². The van der Waals surface area contributed by atoms with Crippen LogP contribution in [0.3, 0.4) is 0 Å². The lowest BCUT2D eigenvalue weighted by atomic mass is 9.95. The van der Waals surface area contributed by atoms with E-state index < -0.39 is 0 Å². The summed E-state index contributed by atoms with van der Waals surface area (Å²) >= 11 is 6.24. The third-order valence-electron chi connectivity index (χ3n) is 3.41. The fourth-order valence-corrected chi connectivity index (χ4v) is 2.52. The van der Waals surface area contributed by atoms with Gasteiger partial charge in [-0.25, -0.2) is 0 Å². The van der Waals surface area contributed by atoms with Crippen LogP contribution in [0.1, 0.15) is 28.3 Å². The Balaban J connectivity index is 2.29. The zero-order chi connectivity index (χ0) is 13.8. The van der Waals surface area contributed by atoms with Gasteiger partial charge in [-0.05, 0) is 43.0 Å². The molecule has 0 spiro atoms. The number of benzene rings is 2. The second kappa shape index (κ2) is 6.20. The summed E-state index contributed by atoms with van der Waals surface area (Å²) in [5.41, 5.74) is 7.73. The van der Waals surface area contributed by atoms with Crippen molar-refractivity contribution in [2.24, 2.45) is 5.84 Å². The molecule has 0 bridgehead atoms. The highest BCUT2D eigenvalue weighted by Gasteiger charge is 2.14. The van der Waals surface area contributed by atoms with Crippen LogP contribution in [0.25, 0.3) is 0 Å². The smallest absolute Gasteiger partial charge is 0.0515 e. The Bertz CT molecular complexity index is 566. The lowest BCUT2D eigenvalue weighted by Crippen LogP contribution is -2.30. The Morgan fingerprint density at radius 1 is 1.16 bits per heavy atom. The zero-order valence-corrected chi connectivity index (χ0v) is 12.0. The van der Waals surface area contributed by atoms with E-state index in [9.17, 15) is 0 Å². The van der Waals surface area contributed by atoms with E-state index in [4.69, 9.17) is 17.4 Å². The first-order valence-electron chi connectivity index (χ1n) is 6.38. The monoisotopic (exact) mass is 274 g/mol. The molecule has 100 valence electrons. The van der Waals surface area contributed by atoms with E-state index >= 15 is 0 Å². The molecule has 3 N–H and O–H groups in total. The Kier molecular flexibility index (Phi) is 4.59. The first-order valence-corrected chi connectivity index (χ1v) is 6.76. The first kappa shape index (κ1) is 14.1. The van der Waals surface area contributed by atoms with Gasteiger partial charge in [-0.3, -0.25) is 11.3 Å². The molecule has 0 fully saturated rings. The van der Waals surface area contributed by atoms with Crippen LogP contribution in [0.15, 0.2) is 42.5 Å². The van der Waals surface area contributed by atoms with Gasteiger partial charge in [-0.1, -0.05) is 53.6 Å². The van der Waals surface area contributed by atoms with E-state index in [1.807, 2.05) is 24.3 Å². The van der Waals surface area contributed by atoms with Gasteiger partial charge in [0.05, 0.1) is 6.04 Å². The van der Waals surface area contributed by atoms with Crippen LogP contribution in [0.2, 0.25) is 5.02 Å². The second-order valence-electron chi connectivity index (χ2n) is 4.87. The Hall–Kier alpha value is -1.35. The number of hydrazine groups is 1. The van der Waals surface area contributed by atoms with Crippen LogP contribution in [0.4, 0.5) is 0 Å². The molecule has 1 unspecified atom stereocenters. The maximum atomic E-state index is 6.24. The molecule has 0 aliphatic heterocycles. The normalized spacial score (nSPS) is 12.4. The van der Waals surface area contributed by atoms with Crippen LogP contribution in [-0.4, -0.2) is 0 Å². The molecule has 2 rings (SSSR count). The topological polar surface area (TPSA) is 38.0 Å². The van der Waals surface area contributed by atoms with Crippen LogP contribution in [-0.2, 0) is 6.42 Å². The van der Waals surface area contributed by atoms with E-state index in [2.05, 4.69) is 37.5 Å². The molecule has 0 radical (unpaired) electrons. The minimum Gasteiger partial charge on any atom is -0.271 e. The van der Waals surface area contributed by atoms with Crippen LogP contribution >= 0.6 is 11.6 Å². The fraction of sp³-hybridized carbons (Fsp3) is 0.250. The van der Waals surface area contributed by atoms with E-state index in [-0.39, 0.29) is 6.04 Å². The lowest BCUT2D eigenvalue weighted by molar-refractivity contribution is 0.551. The van der Waals surface area contributed by atoms with Crippen molar-refractivity contribution in [3.63, 3.8) is 0 Å². The van der Waals surface area contributed by atoms with Gasteiger partial charge in [0.2, 0.25) is 0 Å². The largest absolute Gasteiger partial charge is 0.271 e. The van der Waals surface area contributed by atoms with Gasteiger partial charge in [0, 0.05) is 5.02 Å². The summed E-state index contributed by atoms with van der Waals surface area (Å²) in [5, 5.41) is 0.746. The average Bonchev–Trinajstić information content (AvgIpc) is 2.41. The van der Waals surface area contributed by atoms with Gasteiger partial charge in [0.15, 0.2) is 0 Å². The predicted molar refractivity (Wildman–Crippen MR) is 81.1 cm³/mol. The quantitative estimate of drug-likeness (QED) is 0.659. The third-order valence-corrected chi connectivity index (χ3v) is 3.75. The summed E-state index contributed by atoms with van der Waals surface area (Å²) < 4.78 is 0. The average molecular weight is 275 g/mol. The van der Waals surface area contributed by atoms with Crippen molar-refractivity contribution in [2.45, 2.75) is 26.3 Å². The minimum atomic E-state index is 0.0224. The summed E-state index contributed by atoms with van der Waals surface area (Å²) in [6, 6.07) is 14.3. The maximum absolute atomic E-state index is 6.24. The molecular formula is C16H19ClN2. The van der Waals surface area contributed by atoms with Crippen molar-refractivity contribution >= 4 is 11.6 Å². The third kappa shape index (κ3) is 3.35. The molecule has 2 nitrogen and oxygen atoms in total. The Morgan fingerprint density at radius 3 is 2.58 bits per heavy atom. The highest BCUT2D eigenvalue weighted by Crippen LogP contribution is 2.26. The number of hydrogen-bond acceptors (Lipinski definition) is 2. The molecule has 0 aromatic heterocycles. The van der Waals surface area contributed by atoms with E-state index in [1.54, 1.807) is 0 Å². The van der Waals surface area contributed by atoms with Gasteiger partial charge >= 0.3 is 0 Å². The number of nitrogens with two attached hydrogens (primary N) is 1. The minimum absolute atomic E-state index is 0.0224. The standard InChI is InChI=1S/C16H19ClN2/c1-11-7-8-12(2)13(9-11)10-16(19-18)14-5-3-4-6-15(14)17/h3-9,16,19H,10,18H2,1-2H3. The first-order chi connectivity index (χ1) is 9.11. The molecule has 0 heterocycles. The van der Waals surface area contributed by atoms with Gasteiger partial charge in [-0.15, -0.1) is 0 Å². The highest BCUT2D eigenvalue weighted by atomic mass is 35.5. The number of hydrogen-bond donors (Lipinski definition) is 2. The highest BCUT2D eigenvalue weighted by molar-refractivity contribution is 6.31.